The molecule has 0 radical (unpaired) electrons. The Morgan fingerprint density at radius 2 is 1.55 bits per heavy atom. The van der Waals surface area contributed by atoms with Crippen molar-refractivity contribution in [2.45, 2.75) is 44.4 Å². The van der Waals surface area contributed by atoms with Gasteiger partial charge in [-0.2, -0.15) is 0 Å². The fourth-order valence-corrected chi connectivity index (χ4v) is 3.66. The molecule has 2 nitrogen and oxygen atoms in total. The highest BCUT2D eigenvalue weighted by atomic mass is 16.3. The van der Waals surface area contributed by atoms with Gasteiger partial charge in [0.2, 0.25) is 0 Å². The summed E-state index contributed by atoms with van der Waals surface area (Å²) in [5, 5.41) is 14.5. The van der Waals surface area contributed by atoms with Crippen LogP contribution in [0, 0.1) is 5.92 Å². The van der Waals surface area contributed by atoms with Crippen molar-refractivity contribution in [2.75, 3.05) is 0 Å². The van der Waals surface area contributed by atoms with E-state index in [1.165, 1.54) is 11.1 Å². The Kier molecular flexibility index (Phi) is 4.91. The van der Waals surface area contributed by atoms with Gasteiger partial charge in [0.1, 0.15) is 0 Å². The Labute approximate surface area is 133 Å². The summed E-state index contributed by atoms with van der Waals surface area (Å²) < 4.78 is 0. The van der Waals surface area contributed by atoms with Gasteiger partial charge >= 0.3 is 0 Å². The first-order valence-electron chi connectivity index (χ1n) is 8.33. The van der Waals surface area contributed by atoms with Gasteiger partial charge in [-0.05, 0) is 24.0 Å². The van der Waals surface area contributed by atoms with Gasteiger partial charge < -0.3 is 10.4 Å². The van der Waals surface area contributed by atoms with Crippen molar-refractivity contribution in [2.24, 2.45) is 5.92 Å². The molecule has 2 heteroatoms. The molecule has 2 aromatic carbocycles. The van der Waals surface area contributed by atoms with E-state index in [1.807, 2.05) is 12.1 Å². The maximum Gasteiger partial charge on any atom is 0.0604 e. The van der Waals surface area contributed by atoms with E-state index >= 15 is 0 Å². The predicted molar refractivity (Wildman–Crippen MR) is 90.5 cm³/mol. The maximum atomic E-state index is 10.7. The number of hydrogen-bond acceptors (Lipinski definition) is 2. The van der Waals surface area contributed by atoms with Crippen LogP contribution in [0.4, 0.5) is 0 Å². The normalized spacial score (nSPS) is 28.5. The average molecular weight is 295 g/mol. The number of benzene rings is 2. The predicted octanol–water partition coefficient (Wildman–Crippen LogP) is 4.24. The quantitative estimate of drug-likeness (QED) is 0.884. The van der Waals surface area contributed by atoms with Crippen LogP contribution in [0.3, 0.4) is 0 Å². The molecule has 2 aromatic rings. The minimum Gasteiger partial charge on any atom is -0.393 e. The molecule has 0 aromatic heterocycles. The molecule has 1 fully saturated rings. The highest BCUT2D eigenvalue weighted by Gasteiger charge is 2.37. The molecule has 0 unspecified atom stereocenters. The Bertz CT molecular complexity index is 569. The molecule has 1 aliphatic heterocycles. The second kappa shape index (κ2) is 7.08. The number of rotatable bonds is 4. The van der Waals surface area contributed by atoms with Crippen LogP contribution in [0.25, 0.3) is 0 Å². The van der Waals surface area contributed by atoms with Crippen LogP contribution in [0.5, 0.6) is 0 Å². The van der Waals surface area contributed by atoms with E-state index in [0.717, 1.165) is 19.3 Å². The molecule has 0 spiro atoms. The summed E-state index contributed by atoms with van der Waals surface area (Å²) in [6.45, 7) is 2.19. The molecule has 1 aliphatic rings. The maximum absolute atomic E-state index is 10.7. The Morgan fingerprint density at radius 1 is 0.955 bits per heavy atom. The van der Waals surface area contributed by atoms with Crippen molar-refractivity contribution >= 4 is 0 Å². The minimum atomic E-state index is -0.253. The number of hydrogen-bond donors (Lipinski definition) is 2. The van der Waals surface area contributed by atoms with Crippen LogP contribution in [0.15, 0.2) is 60.7 Å². The van der Waals surface area contributed by atoms with Gasteiger partial charge in [-0.15, -0.1) is 0 Å². The first-order valence-corrected chi connectivity index (χ1v) is 8.33. The molecule has 2 N–H and O–H groups in total. The first kappa shape index (κ1) is 15.3. The SMILES string of the molecule is CCC[C@@H]1[C@@H](c2ccccc2)N[C@H](c2ccccc2)C[C@@H]1O. The monoisotopic (exact) mass is 295 g/mol. The van der Waals surface area contributed by atoms with Crippen LogP contribution in [0.2, 0.25) is 0 Å². The van der Waals surface area contributed by atoms with Crippen molar-refractivity contribution in [3.05, 3.63) is 71.8 Å². The Hall–Kier alpha value is -1.64. The molecular weight excluding hydrogens is 270 g/mol. The van der Waals surface area contributed by atoms with Crippen LogP contribution < -0.4 is 5.32 Å². The zero-order valence-corrected chi connectivity index (χ0v) is 13.2. The van der Waals surface area contributed by atoms with Gasteiger partial charge in [0.05, 0.1) is 6.10 Å². The van der Waals surface area contributed by atoms with Crippen molar-refractivity contribution in [3.8, 4) is 0 Å². The van der Waals surface area contributed by atoms with Crippen molar-refractivity contribution in [1.82, 2.24) is 5.32 Å². The lowest BCUT2D eigenvalue weighted by atomic mass is 9.78. The standard InChI is InChI=1S/C20H25NO/c1-2-9-17-19(22)14-18(15-10-5-3-6-11-15)21-20(17)16-12-7-4-8-13-16/h3-8,10-13,17-22H,2,9,14H2,1H3/t17-,18-,19-,20+/m0/s1. The summed E-state index contributed by atoms with van der Waals surface area (Å²) in [5.74, 6) is 0.285. The van der Waals surface area contributed by atoms with Gasteiger partial charge in [-0.1, -0.05) is 74.0 Å². The summed E-state index contributed by atoms with van der Waals surface area (Å²) in [7, 11) is 0. The van der Waals surface area contributed by atoms with Gasteiger partial charge in [-0.3, -0.25) is 0 Å². The number of aliphatic hydroxyl groups excluding tert-OH is 1. The summed E-state index contributed by atoms with van der Waals surface area (Å²) >= 11 is 0. The largest absolute Gasteiger partial charge is 0.393 e. The van der Waals surface area contributed by atoms with Crippen LogP contribution in [-0.4, -0.2) is 11.2 Å². The Morgan fingerprint density at radius 3 is 2.14 bits per heavy atom. The summed E-state index contributed by atoms with van der Waals surface area (Å²) in [6.07, 6.45) is 2.69. The van der Waals surface area contributed by atoms with Crippen LogP contribution in [0.1, 0.15) is 49.4 Å². The molecule has 4 atom stereocenters. The first-order chi connectivity index (χ1) is 10.8. The molecule has 0 bridgehead atoms. The van der Waals surface area contributed by atoms with E-state index in [1.54, 1.807) is 0 Å². The number of aliphatic hydroxyl groups is 1. The third-order valence-electron chi connectivity index (χ3n) is 4.76. The fraction of sp³-hybridized carbons (Fsp3) is 0.400. The van der Waals surface area contributed by atoms with Crippen molar-refractivity contribution < 1.29 is 5.11 Å². The summed E-state index contributed by atoms with van der Waals surface area (Å²) in [6, 6.07) is 21.4. The van der Waals surface area contributed by atoms with E-state index in [0.29, 0.717) is 0 Å². The van der Waals surface area contributed by atoms with Gasteiger partial charge in [-0.25, -0.2) is 0 Å². The second-order valence-corrected chi connectivity index (χ2v) is 6.27. The topological polar surface area (TPSA) is 32.3 Å². The molecule has 0 saturated carbocycles. The molecule has 3 rings (SSSR count). The van der Waals surface area contributed by atoms with E-state index in [2.05, 4.69) is 60.8 Å². The van der Waals surface area contributed by atoms with Crippen molar-refractivity contribution in [1.29, 1.82) is 0 Å². The lowest BCUT2D eigenvalue weighted by Crippen LogP contribution is -2.44. The zero-order chi connectivity index (χ0) is 15.4. The zero-order valence-electron chi connectivity index (χ0n) is 13.2. The summed E-state index contributed by atoms with van der Waals surface area (Å²) in [4.78, 5) is 0. The molecule has 1 saturated heterocycles. The molecular formula is C20H25NO. The van der Waals surface area contributed by atoms with E-state index in [9.17, 15) is 5.11 Å². The van der Waals surface area contributed by atoms with Gasteiger partial charge in [0, 0.05) is 18.0 Å². The molecule has 0 aliphatic carbocycles. The lowest BCUT2D eigenvalue weighted by molar-refractivity contribution is 0.0262. The van der Waals surface area contributed by atoms with Crippen LogP contribution >= 0.6 is 0 Å². The van der Waals surface area contributed by atoms with Gasteiger partial charge in [0.15, 0.2) is 0 Å². The average Bonchev–Trinajstić information content (AvgIpc) is 2.58. The highest BCUT2D eigenvalue weighted by molar-refractivity contribution is 5.25. The second-order valence-electron chi connectivity index (χ2n) is 6.27. The van der Waals surface area contributed by atoms with Crippen LogP contribution in [-0.2, 0) is 0 Å². The Balaban J connectivity index is 1.88. The third kappa shape index (κ3) is 3.23. The van der Waals surface area contributed by atoms with Gasteiger partial charge in [0.25, 0.3) is 0 Å². The third-order valence-corrected chi connectivity index (χ3v) is 4.76. The smallest absolute Gasteiger partial charge is 0.0604 e. The molecule has 116 valence electrons. The minimum absolute atomic E-state index is 0.217. The van der Waals surface area contributed by atoms with Crippen molar-refractivity contribution in [3.63, 3.8) is 0 Å². The lowest BCUT2D eigenvalue weighted by Gasteiger charge is -2.41. The summed E-state index contributed by atoms with van der Waals surface area (Å²) in [5.41, 5.74) is 2.54. The molecule has 1 heterocycles. The molecule has 22 heavy (non-hydrogen) atoms. The highest BCUT2D eigenvalue weighted by Crippen LogP contribution is 2.39. The number of piperidine rings is 1. The molecule has 0 amide bonds. The van der Waals surface area contributed by atoms with E-state index < -0.39 is 0 Å². The van der Waals surface area contributed by atoms with E-state index in [4.69, 9.17) is 0 Å². The van der Waals surface area contributed by atoms with E-state index in [-0.39, 0.29) is 24.1 Å². The number of nitrogens with one attached hydrogen (secondary N) is 1. The fourth-order valence-electron chi connectivity index (χ4n) is 3.66.